The maximum Gasteiger partial charge on any atom is 0.326 e. The van der Waals surface area contributed by atoms with Crippen molar-refractivity contribution >= 4 is 41.5 Å². The first-order valence-corrected chi connectivity index (χ1v) is 13.5. The molecule has 238 valence electrons. The van der Waals surface area contributed by atoms with Crippen molar-refractivity contribution in [1.82, 2.24) is 26.2 Å². The van der Waals surface area contributed by atoms with Gasteiger partial charge in [0, 0.05) is 13.0 Å². The fraction of sp³-hybridized carbons (Fsp3) is 0.720. The van der Waals surface area contributed by atoms with Gasteiger partial charge in [-0.15, -0.1) is 0 Å². The lowest BCUT2D eigenvalue weighted by Gasteiger charge is -2.30. The summed E-state index contributed by atoms with van der Waals surface area (Å²) in [6, 6.07) is -6.89. The molecule has 0 radical (unpaired) electrons. The van der Waals surface area contributed by atoms with Crippen LogP contribution in [0.4, 0.5) is 0 Å². The molecule has 0 bridgehead atoms. The van der Waals surface area contributed by atoms with Crippen LogP contribution < -0.4 is 27.0 Å². The Morgan fingerprint density at radius 1 is 0.857 bits per heavy atom. The Hall–Kier alpha value is -3.83. The number of carboxylic acids is 2. The molecule has 7 atom stereocenters. The molecule has 1 aliphatic heterocycles. The molecule has 1 rings (SSSR count). The molecule has 5 amide bonds. The number of nitrogens with one attached hydrogen (secondary N) is 4. The van der Waals surface area contributed by atoms with Crippen molar-refractivity contribution in [2.75, 3.05) is 13.1 Å². The van der Waals surface area contributed by atoms with Gasteiger partial charge in [0.05, 0.1) is 24.8 Å². The van der Waals surface area contributed by atoms with Gasteiger partial charge in [-0.1, -0.05) is 13.8 Å². The number of aliphatic hydroxyl groups is 2. The number of nitrogens with two attached hydrogens (primary N) is 1. The van der Waals surface area contributed by atoms with Crippen molar-refractivity contribution in [3.63, 3.8) is 0 Å². The number of carboxylic acid groups (broad SMARTS) is 2. The number of aliphatic carboxylic acids is 2. The van der Waals surface area contributed by atoms with Gasteiger partial charge in [-0.25, -0.2) is 4.79 Å². The summed E-state index contributed by atoms with van der Waals surface area (Å²) in [4.78, 5) is 87.2. The number of carbonyl (C=O) groups excluding carboxylic acids is 5. The molecule has 0 saturated carbocycles. The van der Waals surface area contributed by atoms with Crippen LogP contribution in [0.1, 0.15) is 53.4 Å². The number of likely N-dealkylation sites (tertiary alicyclic amines) is 1. The monoisotopic (exact) mass is 602 g/mol. The molecule has 1 aliphatic rings. The van der Waals surface area contributed by atoms with Gasteiger partial charge in [-0.05, 0) is 39.0 Å². The molecule has 10 N–H and O–H groups in total. The Balaban J connectivity index is 3.03. The van der Waals surface area contributed by atoms with Crippen molar-refractivity contribution in [3.8, 4) is 0 Å². The van der Waals surface area contributed by atoms with Gasteiger partial charge in [0.15, 0.2) is 0 Å². The number of aliphatic hydroxyl groups excluding tert-OH is 2. The maximum atomic E-state index is 13.1. The number of carbonyl (C=O) groups is 7. The number of amides is 5. The highest BCUT2D eigenvalue weighted by molar-refractivity contribution is 5.96. The SMILES string of the molecule is CC(C)[C@H](N)C(=O)NCC(=O)N[C@H](C(=O)N[C@@H](CCC(=O)O)C(=O)N[C@H](C(=O)N1CCC[C@H]1C(=O)O)[C@@H](C)O)[C@@H](C)O. The van der Waals surface area contributed by atoms with Gasteiger partial charge in [0.1, 0.15) is 24.2 Å². The lowest BCUT2D eigenvalue weighted by Crippen LogP contribution is -2.61. The van der Waals surface area contributed by atoms with Crippen molar-refractivity contribution in [2.24, 2.45) is 11.7 Å². The highest BCUT2D eigenvalue weighted by atomic mass is 16.4. The molecule has 0 aromatic rings. The van der Waals surface area contributed by atoms with Crippen molar-refractivity contribution in [3.05, 3.63) is 0 Å². The summed E-state index contributed by atoms with van der Waals surface area (Å²) in [6.45, 7) is 5.26. The minimum atomic E-state index is -1.64. The summed E-state index contributed by atoms with van der Waals surface area (Å²) >= 11 is 0. The van der Waals surface area contributed by atoms with Gasteiger partial charge in [0.25, 0.3) is 0 Å². The standard InChI is InChI=1S/C25H42N6O11/c1-11(2)18(26)22(38)27-10-16(34)29-19(12(3)32)23(39)28-14(7-8-17(35)36)21(37)30-20(13(4)33)24(40)31-9-5-6-15(31)25(41)42/h11-15,18-20,32-33H,5-10,26H2,1-4H3,(H,27,38)(H,28,39)(H,29,34)(H,30,37)(H,35,36)(H,41,42)/t12-,13-,14+,15+,18+,19+,20+/m1/s1. The molecule has 0 aliphatic carbocycles. The molecule has 42 heavy (non-hydrogen) atoms. The van der Waals surface area contributed by atoms with Crippen LogP contribution in [0.2, 0.25) is 0 Å². The Morgan fingerprint density at radius 3 is 1.95 bits per heavy atom. The summed E-state index contributed by atoms with van der Waals surface area (Å²) in [5.41, 5.74) is 5.71. The summed E-state index contributed by atoms with van der Waals surface area (Å²) in [6.07, 6.45) is -3.50. The third kappa shape index (κ3) is 10.9. The Labute approximate surface area is 242 Å². The predicted octanol–water partition coefficient (Wildman–Crippen LogP) is -3.76. The van der Waals surface area contributed by atoms with Crippen LogP contribution >= 0.6 is 0 Å². The Morgan fingerprint density at radius 2 is 1.45 bits per heavy atom. The van der Waals surface area contributed by atoms with Crippen molar-refractivity contribution in [2.45, 2.75) is 95.8 Å². The average Bonchev–Trinajstić information content (AvgIpc) is 3.40. The molecule has 0 aromatic carbocycles. The minimum Gasteiger partial charge on any atom is -0.481 e. The van der Waals surface area contributed by atoms with E-state index >= 15 is 0 Å². The molecule has 1 saturated heterocycles. The molecule has 0 aromatic heterocycles. The molecule has 0 spiro atoms. The fourth-order valence-electron chi connectivity index (χ4n) is 4.12. The van der Waals surface area contributed by atoms with Gasteiger partial charge in [-0.2, -0.15) is 0 Å². The zero-order valence-electron chi connectivity index (χ0n) is 24.0. The van der Waals surface area contributed by atoms with E-state index in [1.165, 1.54) is 13.8 Å². The van der Waals surface area contributed by atoms with Crippen LogP contribution in [0.5, 0.6) is 0 Å². The molecule has 17 nitrogen and oxygen atoms in total. The highest BCUT2D eigenvalue weighted by Crippen LogP contribution is 2.19. The van der Waals surface area contributed by atoms with E-state index in [1.54, 1.807) is 13.8 Å². The second kappa shape index (κ2) is 16.6. The van der Waals surface area contributed by atoms with Crippen LogP contribution in [0, 0.1) is 5.92 Å². The van der Waals surface area contributed by atoms with Crippen LogP contribution in [0.3, 0.4) is 0 Å². The number of hydrogen-bond donors (Lipinski definition) is 9. The van der Waals surface area contributed by atoms with E-state index in [0.29, 0.717) is 6.42 Å². The van der Waals surface area contributed by atoms with Gasteiger partial charge >= 0.3 is 11.9 Å². The molecule has 1 fully saturated rings. The van der Waals surface area contributed by atoms with Gasteiger partial charge < -0.3 is 52.3 Å². The lowest BCUT2D eigenvalue weighted by atomic mass is 10.1. The number of hydrogen-bond acceptors (Lipinski definition) is 10. The second-order valence-electron chi connectivity index (χ2n) is 10.5. The van der Waals surface area contributed by atoms with E-state index in [9.17, 15) is 48.9 Å². The van der Waals surface area contributed by atoms with Crippen LogP contribution in [-0.4, -0.2) is 122 Å². The zero-order valence-corrected chi connectivity index (χ0v) is 24.0. The third-order valence-electron chi connectivity index (χ3n) is 6.67. The fourth-order valence-corrected chi connectivity index (χ4v) is 4.12. The summed E-state index contributed by atoms with van der Waals surface area (Å²) in [5, 5.41) is 47.8. The second-order valence-corrected chi connectivity index (χ2v) is 10.5. The Bertz CT molecular complexity index is 1020. The normalized spacial score (nSPS) is 19.0. The summed E-state index contributed by atoms with van der Waals surface area (Å²) < 4.78 is 0. The summed E-state index contributed by atoms with van der Waals surface area (Å²) in [5.74, 6) is -7.30. The largest absolute Gasteiger partial charge is 0.481 e. The van der Waals surface area contributed by atoms with Crippen molar-refractivity contribution in [1.29, 1.82) is 0 Å². The smallest absolute Gasteiger partial charge is 0.326 e. The lowest BCUT2D eigenvalue weighted by molar-refractivity contribution is -0.150. The van der Waals surface area contributed by atoms with Gasteiger partial charge in [0.2, 0.25) is 29.5 Å². The zero-order chi connectivity index (χ0) is 32.3. The van der Waals surface area contributed by atoms with E-state index < -0.39 is 103 Å². The first kappa shape index (κ1) is 36.2. The van der Waals surface area contributed by atoms with E-state index in [1.807, 2.05) is 0 Å². The first-order chi connectivity index (χ1) is 19.5. The van der Waals surface area contributed by atoms with Crippen LogP contribution in [0.15, 0.2) is 0 Å². The Kier molecular flexibility index (Phi) is 14.3. The quantitative estimate of drug-likeness (QED) is 0.0824. The third-order valence-corrected chi connectivity index (χ3v) is 6.67. The predicted molar refractivity (Wildman–Crippen MR) is 144 cm³/mol. The van der Waals surface area contributed by atoms with E-state index in [4.69, 9.17) is 10.8 Å². The molecular weight excluding hydrogens is 560 g/mol. The van der Waals surface area contributed by atoms with E-state index in [2.05, 4.69) is 21.3 Å². The average molecular weight is 603 g/mol. The summed E-state index contributed by atoms with van der Waals surface area (Å²) in [7, 11) is 0. The molecular formula is C25H42N6O11. The minimum absolute atomic E-state index is 0.0771. The maximum absolute atomic E-state index is 13.1. The molecule has 17 heteroatoms. The highest BCUT2D eigenvalue weighted by Gasteiger charge is 2.40. The topological polar surface area (TPSA) is 278 Å². The number of nitrogens with zero attached hydrogens (tertiary/aromatic N) is 1. The van der Waals surface area contributed by atoms with E-state index in [-0.39, 0.29) is 18.9 Å². The first-order valence-electron chi connectivity index (χ1n) is 13.5. The number of rotatable bonds is 16. The van der Waals surface area contributed by atoms with Crippen LogP contribution in [-0.2, 0) is 33.6 Å². The molecule has 1 heterocycles. The molecule has 0 unspecified atom stereocenters. The van der Waals surface area contributed by atoms with Crippen molar-refractivity contribution < 1.29 is 54.0 Å². The van der Waals surface area contributed by atoms with Gasteiger partial charge in [-0.3, -0.25) is 28.8 Å². The van der Waals surface area contributed by atoms with E-state index in [0.717, 1.165) is 4.90 Å². The van der Waals surface area contributed by atoms with Crippen LogP contribution in [0.25, 0.3) is 0 Å².